The van der Waals surface area contributed by atoms with Crippen LogP contribution in [0, 0.1) is 0 Å². The van der Waals surface area contributed by atoms with Crippen molar-refractivity contribution in [2.75, 3.05) is 20.3 Å². The molecule has 0 aliphatic rings. The molecule has 0 fully saturated rings. The lowest BCUT2D eigenvalue weighted by molar-refractivity contribution is -0.0868. The quantitative estimate of drug-likeness (QED) is 0.428. The maximum absolute atomic E-state index is 5.15. The van der Waals surface area contributed by atoms with Crippen molar-refractivity contribution in [2.24, 2.45) is 4.99 Å². The van der Waals surface area contributed by atoms with E-state index in [9.17, 15) is 0 Å². The van der Waals surface area contributed by atoms with Gasteiger partial charge in [-0.05, 0) is 13.8 Å². The fourth-order valence-corrected chi connectivity index (χ4v) is 0.584. The first kappa shape index (κ1) is 9.59. The van der Waals surface area contributed by atoms with Crippen molar-refractivity contribution < 1.29 is 9.47 Å². The molecule has 0 heterocycles. The van der Waals surface area contributed by atoms with Gasteiger partial charge in [-0.15, -0.1) is 0 Å². The van der Waals surface area contributed by atoms with Crippen molar-refractivity contribution in [1.82, 2.24) is 0 Å². The average Bonchev–Trinajstić information content (AvgIpc) is 1.90. The normalized spacial score (nSPS) is 11.6. The summed E-state index contributed by atoms with van der Waals surface area (Å²) in [7, 11) is 1.70. The molecule has 0 amide bonds. The van der Waals surface area contributed by atoms with Crippen molar-refractivity contribution in [2.45, 2.75) is 20.1 Å². The van der Waals surface area contributed by atoms with Crippen LogP contribution in [0.2, 0.25) is 0 Å². The molecule has 0 aromatic rings. The molecule has 0 aromatic carbocycles. The highest BCUT2D eigenvalue weighted by Crippen LogP contribution is 1.90. The minimum Gasteiger partial charge on any atom is -0.348 e. The number of nitrogens with zero attached hydrogens (tertiary/aromatic N) is 1. The van der Waals surface area contributed by atoms with E-state index in [0.717, 1.165) is 0 Å². The SMILES string of the molecule is CCOC(C=NC)OCC. The third kappa shape index (κ3) is 4.47. The van der Waals surface area contributed by atoms with Gasteiger partial charge in [0.2, 0.25) is 0 Å². The van der Waals surface area contributed by atoms with Crippen molar-refractivity contribution in [3.05, 3.63) is 0 Å². The van der Waals surface area contributed by atoms with Gasteiger partial charge in [-0.25, -0.2) is 0 Å². The molecule has 0 aliphatic carbocycles. The summed E-state index contributed by atoms with van der Waals surface area (Å²) in [5.74, 6) is 0. The third-order valence-electron chi connectivity index (χ3n) is 0.933. The maximum Gasteiger partial charge on any atom is 0.193 e. The van der Waals surface area contributed by atoms with Crippen LogP contribution >= 0.6 is 0 Å². The Kier molecular flexibility index (Phi) is 6.43. The monoisotopic (exact) mass is 145 g/mol. The van der Waals surface area contributed by atoms with E-state index in [1.165, 1.54) is 0 Å². The molecule has 60 valence electrons. The van der Waals surface area contributed by atoms with Crippen LogP contribution in [0.5, 0.6) is 0 Å². The number of hydrogen-bond donors (Lipinski definition) is 0. The first-order valence-corrected chi connectivity index (χ1v) is 3.50. The molecule has 0 rings (SSSR count). The van der Waals surface area contributed by atoms with E-state index < -0.39 is 0 Å². The zero-order valence-corrected chi connectivity index (χ0v) is 6.83. The minimum atomic E-state index is -0.264. The molecule has 10 heavy (non-hydrogen) atoms. The van der Waals surface area contributed by atoms with E-state index in [1.54, 1.807) is 13.3 Å². The van der Waals surface area contributed by atoms with Gasteiger partial charge >= 0.3 is 0 Å². The number of rotatable bonds is 5. The fraction of sp³-hybridized carbons (Fsp3) is 0.857. The van der Waals surface area contributed by atoms with Gasteiger partial charge in [0.25, 0.3) is 0 Å². The molecule has 0 saturated heterocycles. The summed E-state index contributed by atoms with van der Waals surface area (Å²) in [6.07, 6.45) is 1.38. The van der Waals surface area contributed by atoms with Crippen LogP contribution in [0.4, 0.5) is 0 Å². The Morgan fingerprint density at radius 2 is 1.80 bits per heavy atom. The molecular weight excluding hydrogens is 130 g/mol. The molecule has 3 heteroatoms. The highest BCUT2D eigenvalue weighted by molar-refractivity contribution is 5.60. The predicted octanol–water partition coefficient (Wildman–Crippen LogP) is 1.09. The van der Waals surface area contributed by atoms with Crippen LogP contribution in [0.15, 0.2) is 4.99 Å². The molecule has 0 bridgehead atoms. The topological polar surface area (TPSA) is 30.8 Å². The predicted molar refractivity (Wildman–Crippen MR) is 41.5 cm³/mol. The second-order valence-corrected chi connectivity index (χ2v) is 1.69. The van der Waals surface area contributed by atoms with Crippen molar-refractivity contribution in [1.29, 1.82) is 0 Å². The molecule has 0 aliphatic heterocycles. The van der Waals surface area contributed by atoms with E-state index in [1.807, 2.05) is 13.8 Å². The second-order valence-electron chi connectivity index (χ2n) is 1.69. The Labute approximate surface area is 62.1 Å². The van der Waals surface area contributed by atoms with Crippen LogP contribution in [0.3, 0.4) is 0 Å². The zero-order valence-electron chi connectivity index (χ0n) is 6.83. The van der Waals surface area contributed by atoms with Crippen LogP contribution in [-0.2, 0) is 9.47 Å². The van der Waals surface area contributed by atoms with Gasteiger partial charge < -0.3 is 9.47 Å². The maximum atomic E-state index is 5.15. The summed E-state index contributed by atoms with van der Waals surface area (Å²) in [4.78, 5) is 3.80. The van der Waals surface area contributed by atoms with Crippen LogP contribution < -0.4 is 0 Å². The lowest BCUT2D eigenvalue weighted by Gasteiger charge is -2.10. The molecular formula is C7H15NO2. The summed E-state index contributed by atoms with van der Waals surface area (Å²) >= 11 is 0. The van der Waals surface area contributed by atoms with Gasteiger partial charge in [0.1, 0.15) is 0 Å². The fourth-order valence-electron chi connectivity index (χ4n) is 0.584. The first-order chi connectivity index (χ1) is 4.85. The second kappa shape index (κ2) is 6.71. The largest absolute Gasteiger partial charge is 0.348 e. The van der Waals surface area contributed by atoms with Crippen LogP contribution in [0.1, 0.15) is 13.8 Å². The number of aliphatic imine (C=N–C) groups is 1. The van der Waals surface area contributed by atoms with Gasteiger partial charge in [0.05, 0.1) is 6.21 Å². The van der Waals surface area contributed by atoms with Crippen molar-refractivity contribution in [3.63, 3.8) is 0 Å². The van der Waals surface area contributed by atoms with Gasteiger partial charge in [0, 0.05) is 20.3 Å². The summed E-state index contributed by atoms with van der Waals surface area (Å²) in [6, 6.07) is 0. The lowest BCUT2D eigenvalue weighted by atomic mass is 10.6. The van der Waals surface area contributed by atoms with Crippen LogP contribution in [0.25, 0.3) is 0 Å². The highest BCUT2D eigenvalue weighted by atomic mass is 16.7. The molecule has 0 atom stereocenters. The highest BCUT2D eigenvalue weighted by Gasteiger charge is 2.00. The summed E-state index contributed by atoms with van der Waals surface area (Å²) < 4.78 is 10.3. The zero-order chi connectivity index (χ0) is 7.82. The van der Waals surface area contributed by atoms with E-state index in [2.05, 4.69) is 4.99 Å². The van der Waals surface area contributed by atoms with Gasteiger partial charge in [-0.3, -0.25) is 4.99 Å². The Bertz CT molecular complexity index is 87.6. The molecule has 0 spiro atoms. The lowest BCUT2D eigenvalue weighted by Crippen LogP contribution is -2.18. The first-order valence-electron chi connectivity index (χ1n) is 3.50. The van der Waals surface area contributed by atoms with E-state index in [-0.39, 0.29) is 6.29 Å². The molecule has 0 unspecified atom stereocenters. The molecule has 0 saturated carbocycles. The summed E-state index contributed by atoms with van der Waals surface area (Å²) in [5, 5.41) is 0. The molecule has 0 aromatic heterocycles. The van der Waals surface area contributed by atoms with Gasteiger partial charge in [-0.2, -0.15) is 0 Å². The Morgan fingerprint density at radius 1 is 1.30 bits per heavy atom. The van der Waals surface area contributed by atoms with E-state index in [4.69, 9.17) is 9.47 Å². The van der Waals surface area contributed by atoms with Crippen molar-refractivity contribution >= 4 is 6.21 Å². The Morgan fingerprint density at radius 3 is 2.10 bits per heavy atom. The minimum absolute atomic E-state index is 0.264. The van der Waals surface area contributed by atoms with Crippen molar-refractivity contribution in [3.8, 4) is 0 Å². The standard InChI is InChI=1S/C7H15NO2/c1-4-9-7(6-8-3)10-5-2/h6-7H,4-5H2,1-3H3. The molecule has 0 radical (unpaired) electrons. The molecule has 3 nitrogen and oxygen atoms in total. The Hall–Kier alpha value is -0.410. The van der Waals surface area contributed by atoms with Crippen LogP contribution in [-0.4, -0.2) is 32.8 Å². The van der Waals surface area contributed by atoms with E-state index >= 15 is 0 Å². The molecule has 0 N–H and O–H groups in total. The number of ether oxygens (including phenoxy) is 2. The van der Waals surface area contributed by atoms with Gasteiger partial charge in [-0.1, -0.05) is 0 Å². The third-order valence-corrected chi connectivity index (χ3v) is 0.933. The summed E-state index contributed by atoms with van der Waals surface area (Å²) in [6.45, 7) is 5.15. The summed E-state index contributed by atoms with van der Waals surface area (Å²) in [5.41, 5.74) is 0. The smallest absolute Gasteiger partial charge is 0.193 e. The van der Waals surface area contributed by atoms with Gasteiger partial charge in [0.15, 0.2) is 6.29 Å². The van der Waals surface area contributed by atoms with E-state index in [0.29, 0.717) is 13.2 Å². The Balaban J connectivity index is 3.50. The average molecular weight is 145 g/mol. The number of hydrogen-bond acceptors (Lipinski definition) is 3.